The van der Waals surface area contributed by atoms with Gasteiger partial charge in [0, 0.05) is 18.0 Å². The van der Waals surface area contributed by atoms with Crippen LogP contribution in [0.1, 0.15) is 10.4 Å². The van der Waals surface area contributed by atoms with E-state index in [1.165, 1.54) is 36.2 Å². The number of hydrogen-bond donors (Lipinski definition) is 2. The Morgan fingerprint density at radius 3 is 2.85 bits per heavy atom. The third-order valence-corrected chi connectivity index (χ3v) is 2.49. The largest absolute Gasteiger partial charge is 0.496 e. The van der Waals surface area contributed by atoms with Gasteiger partial charge in [-0.3, -0.25) is 4.79 Å². The first kappa shape index (κ1) is 13.5. The van der Waals surface area contributed by atoms with Crippen molar-refractivity contribution in [3.63, 3.8) is 0 Å². The Labute approximate surface area is 114 Å². The summed E-state index contributed by atoms with van der Waals surface area (Å²) in [5.41, 5.74) is 0.471. The fourth-order valence-electron chi connectivity index (χ4n) is 1.61. The molecule has 0 aliphatic heterocycles. The summed E-state index contributed by atoms with van der Waals surface area (Å²) in [5, 5.41) is 18.8. The lowest BCUT2D eigenvalue weighted by atomic mass is 10.2. The van der Waals surface area contributed by atoms with Crippen LogP contribution in [0.15, 0.2) is 30.6 Å². The Kier molecular flexibility index (Phi) is 3.94. The highest BCUT2D eigenvalue weighted by molar-refractivity contribution is 5.94. The Balaban J connectivity index is 2.09. The van der Waals surface area contributed by atoms with Crippen molar-refractivity contribution < 1.29 is 19.4 Å². The topological polar surface area (TPSA) is 106 Å². The quantitative estimate of drug-likeness (QED) is 0.829. The molecule has 1 aromatic heterocycles. The maximum absolute atomic E-state index is 11.7. The molecule has 2 N–H and O–H groups in total. The van der Waals surface area contributed by atoms with E-state index in [-0.39, 0.29) is 23.8 Å². The molecule has 1 amide bonds. The summed E-state index contributed by atoms with van der Waals surface area (Å²) in [7, 11) is 1.36. The molecule has 8 heteroatoms. The molecule has 0 saturated carbocycles. The van der Waals surface area contributed by atoms with Crippen LogP contribution in [0.2, 0.25) is 0 Å². The summed E-state index contributed by atoms with van der Waals surface area (Å²) in [6, 6.07) is 4.31. The van der Waals surface area contributed by atoms with Crippen molar-refractivity contribution in [2.75, 3.05) is 12.4 Å². The standard InChI is InChI=1S/C12H12N4O4/c1-20-10-6-8(2-3-9(10)12(18)19)14-11(17)7-16-5-4-13-15-16/h2-6H,7H2,1H3,(H,14,17)(H,18,19). The van der Waals surface area contributed by atoms with Crippen molar-refractivity contribution >= 4 is 17.6 Å². The summed E-state index contributed by atoms with van der Waals surface area (Å²) in [6.07, 6.45) is 3.03. The van der Waals surface area contributed by atoms with Gasteiger partial charge in [-0.2, -0.15) is 0 Å². The molecule has 8 nitrogen and oxygen atoms in total. The Bertz CT molecular complexity index is 624. The molecule has 0 bridgehead atoms. The van der Waals surface area contributed by atoms with Gasteiger partial charge >= 0.3 is 5.97 Å². The molecule has 20 heavy (non-hydrogen) atoms. The number of nitrogens with one attached hydrogen (secondary N) is 1. The maximum atomic E-state index is 11.7. The van der Waals surface area contributed by atoms with Gasteiger partial charge in [0.05, 0.1) is 13.3 Å². The second kappa shape index (κ2) is 5.83. The van der Waals surface area contributed by atoms with E-state index in [0.717, 1.165) is 0 Å². The Morgan fingerprint density at radius 1 is 1.45 bits per heavy atom. The minimum absolute atomic E-state index is 0.0169. The number of aromatic nitrogens is 3. The lowest BCUT2D eigenvalue weighted by Crippen LogP contribution is -2.19. The first-order valence-electron chi connectivity index (χ1n) is 5.65. The van der Waals surface area contributed by atoms with E-state index in [1.807, 2.05) is 0 Å². The number of amides is 1. The monoisotopic (exact) mass is 276 g/mol. The molecule has 0 aliphatic rings. The number of carbonyl (C=O) groups is 2. The smallest absolute Gasteiger partial charge is 0.339 e. The predicted molar refractivity (Wildman–Crippen MR) is 68.6 cm³/mol. The number of carboxylic acids is 1. The van der Waals surface area contributed by atoms with Gasteiger partial charge in [-0.25, -0.2) is 9.48 Å². The van der Waals surface area contributed by atoms with Crippen LogP contribution >= 0.6 is 0 Å². The number of nitrogens with zero attached hydrogens (tertiary/aromatic N) is 3. The van der Waals surface area contributed by atoms with Crippen molar-refractivity contribution in [3.05, 3.63) is 36.2 Å². The summed E-state index contributed by atoms with van der Waals surface area (Å²) in [6.45, 7) is 0.0169. The van der Waals surface area contributed by atoms with Gasteiger partial charge in [0.15, 0.2) is 0 Å². The van der Waals surface area contributed by atoms with Crippen molar-refractivity contribution in [2.24, 2.45) is 0 Å². The van der Waals surface area contributed by atoms with Crippen LogP contribution in [-0.4, -0.2) is 39.1 Å². The van der Waals surface area contributed by atoms with Crippen LogP contribution in [0, 0.1) is 0 Å². The number of carbonyl (C=O) groups excluding carboxylic acids is 1. The number of benzene rings is 1. The fraction of sp³-hybridized carbons (Fsp3) is 0.167. The van der Waals surface area contributed by atoms with Gasteiger partial charge in [-0.05, 0) is 12.1 Å². The highest BCUT2D eigenvalue weighted by Crippen LogP contribution is 2.23. The second-order valence-corrected chi connectivity index (χ2v) is 3.87. The second-order valence-electron chi connectivity index (χ2n) is 3.87. The molecule has 0 radical (unpaired) electrons. The number of carboxylic acid groups (broad SMARTS) is 1. The van der Waals surface area contributed by atoms with Gasteiger partial charge in [0.2, 0.25) is 5.91 Å². The molecule has 0 unspecified atom stereocenters. The van der Waals surface area contributed by atoms with Crippen LogP contribution in [0.5, 0.6) is 5.75 Å². The molecule has 0 atom stereocenters. The summed E-state index contributed by atoms with van der Waals surface area (Å²) in [4.78, 5) is 22.7. The minimum Gasteiger partial charge on any atom is -0.496 e. The van der Waals surface area contributed by atoms with Crippen LogP contribution in [0.25, 0.3) is 0 Å². The minimum atomic E-state index is -1.10. The number of anilines is 1. The van der Waals surface area contributed by atoms with Gasteiger partial charge < -0.3 is 15.2 Å². The summed E-state index contributed by atoms with van der Waals surface area (Å²) < 4.78 is 6.35. The van der Waals surface area contributed by atoms with Crippen LogP contribution < -0.4 is 10.1 Å². The fourth-order valence-corrected chi connectivity index (χ4v) is 1.61. The zero-order valence-corrected chi connectivity index (χ0v) is 10.6. The van der Waals surface area contributed by atoms with E-state index >= 15 is 0 Å². The lowest BCUT2D eigenvalue weighted by Gasteiger charge is -2.09. The molecule has 2 rings (SSSR count). The number of rotatable bonds is 5. The maximum Gasteiger partial charge on any atom is 0.339 e. The van der Waals surface area contributed by atoms with Crippen molar-refractivity contribution in [2.45, 2.75) is 6.54 Å². The number of methoxy groups -OCH3 is 1. The third kappa shape index (κ3) is 3.10. The van der Waals surface area contributed by atoms with Crippen molar-refractivity contribution in [1.29, 1.82) is 0 Å². The van der Waals surface area contributed by atoms with E-state index in [1.54, 1.807) is 6.20 Å². The average Bonchev–Trinajstić information content (AvgIpc) is 2.90. The highest BCUT2D eigenvalue weighted by Gasteiger charge is 2.12. The number of ether oxygens (including phenoxy) is 1. The van der Waals surface area contributed by atoms with E-state index in [0.29, 0.717) is 5.69 Å². The molecule has 1 aromatic carbocycles. The van der Waals surface area contributed by atoms with Crippen molar-refractivity contribution in [1.82, 2.24) is 15.0 Å². The van der Waals surface area contributed by atoms with Gasteiger partial charge in [0.1, 0.15) is 17.9 Å². The summed E-state index contributed by atoms with van der Waals surface area (Å²) >= 11 is 0. The van der Waals surface area contributed by atoms with E-state index in [4.69, 9.17) is 9.84 Å². The Morgan fingerprint density at radius 2 is 2.25 bits per heavy atom. The molecule has 104 valence electrons. The van der Waals surface area contributed by atoms with Crippen LogP contribution in [0.3, 0.4) is 0 Å². The Hall–Kier alpha value is -2.90. The summed E-state index contributed by atoms with van der Waals surface area (Å²) in [5.74, 6) is -1.22. The SMILES string of the molecule is COc1cc(NC(=O)Cn2ccnn2)ccc1C(=O)O. The molecule has 0 spiro atoms. The molecule has 2 aromatic rings. The first-order valence-corrected chi connectivity index (χ1v) is 5.65. The van der Waals surface area contributed by atoms with E-state index < -0.39 is 5.97 Å². The van der Waals surface area contributed by atoms with Gasteiger partial charge in [0.25, 0.3) is 0 Å². The molecule has 0 fully saturated rings. The van der Waals surface area contributed by atoms with E-state index in [9.17, 15) is 9.59 Å². The first-order chi connectivity index (χ1) is 9.60. The number of aromatic carboxylic acids is 1. The van der Waals surface area contributed by atoms with Crippen LogP contribution in [0.4, 0.5) is 5.69 Å². The highest BCUT2D eigenvalue weighted by atomic mass is 16.5. The van der Waals surface area contributed by atoms with Crippen LogP contribution in [-0.2, 0) is 11.3 Å². The third-order valence-electron chi connectivity index (χ3n) is 2.49. The molecule has 0 saturated heterocycles. The van der Waals surface area contributed by atoms with Gasteiger partial charge in [-0.15, -0.1) is 5.10 Å². The zero-order chi connectivity index (χ0) is 14.5. The van der Waals surface area contributed by atoms with E-state index in [2.05, 4.69) is 15.6 Å². The normalized spacial score (nSPS) is 10.1. The number of hydrogen-bond acceptors (Lipinski definition) is 5. The van der Waals surface area contributed by atoms with Gasteiger partial charge in [-0.1, -0.05) is 5.21 Å². The lowest BCUT2D eigenvalue weighted by molar-refractivity contribution is -0.116. The zero-order valence-electron chi connectivity index (χ0n) is 10.6. The predicted octanol–water partition coefficient (Wildman–Crippen LogP) is 0.624. The molecule has 0 aliphatic carbocycles. The molecular formula is C12H12N4O4. The molecular weight excluding hydrogens is 264 g/mol. The molecule has 1 heterocycles. The average molecular weight is 276 g/mol. The van der Waals surface area contributed by atoms with Crippen molar-refractivity contribution in [3.8, 4) is 5.75 Å².